The molecule has 1 fully saturated rings. The molecule has 1 aliphatic rings. The summed E-state index contributed by atoms with van der Waals surface area (Å²) in [6.45, 7) is 0.386. The molecular weight excluding hydrogens is 296 g/mol. The van der Waals surface area contributed by atoms with Crippen LogP contribution in [0.2, 0.25) is 0 Å². The van der Waals surface area contributed by atoms with Crippen molar-refractivity contribution in [2.75, 3.05) is 0 Å². The number of hydrogen-bond donors (Lipinski definition) is 2. The van der Waals surface area contributed by atoms with Gasteiger partial charge in [0, 0.05) is 7.05 Å². The quantitative estimate of drug-likeness (QED) is 0.852. The summed E-state index contributed by atoms with van der Waals surface area (Å²) in [5, 5.41) is 9.92. The Balaban J connectivity index is 1.79. The van der Waals surface area contributed by atoms with Gasteiger partial charge in [0.1, 0.15) is 0 Å². The minimum atomic E-state index is -0.396. The van der Waals surface area contributed by atoms with E-state index in [1.165, 1.54) is 0 Å². The van der Waals surface area contributed by atoms with Gasteiger partial charge in [0.05, 0.1) is 12.0 Å². The molecular formula is C16H20N4OS. The zero-order chi connectivity index (χ0) is 15.6. The summed E-state index contributed by atoms with van der Waals surface area (Å²) in [6, 6.07) is 10.1. The van der Waals surface area contributed by atoms with Crippen LogP contribution in [-0.2, 0) is 23.8 Å². The summed E-state index contributed by atoms with van der Waals surface area (Å²) in [5.74, 6) is 0.824. The van der Waals surface area contributed by atoms with E-state index in [9.17, 15) is 4.79 Å². The molecule has 0 unspecified atom stereocenters. The first-order valence-corrected chi connectivity index (χ1v) is 7.98. The van der Waals surface area contributed by atoms with Gasteiger partial charge in [-0.3, -0.25) is 9.89 Å². The highest BCUT2D eigenvalue weighted by molar-refractivity contribution is 7.71. The minimum absolute atomic E-state index is 0.0881. The van der Waals surface area contributed by atoms with E-state index in [2.05, 4.69) is 27.6 Å². The maximum Gasteiger partial charge on any atom is 0.231 e. The van der Waals surface area contributed by atoms with E-state index in [4.69, 9.17) is 12.2 Å². The fourth-order valence-electron chi connectivity index (χ4n) is 3.25. The van der Waals surface area contributed by atoms with E-state index in [1.807, 2.05) is 25.2 Å². The van der Waals surface area contributed by atoms with Gasteiger partial charge in [-0.2, -0.15) is 5.10 Å². The van der Waals surface area contributed by atoms with Crippen molar-refractivity contribution < 1.29 is 4.79 Å². The van der Waals surface area contributed by atoms with Gasteiger partial charge in [-0.05, 0) is 30.6 Å². The van der Waals surface area contributed by atoms with Gasteiger partial charge in [0.25, 0.3) is 0 Å². The lowest BCUT2D eigenvalue weighted by atomic mass is 9.78. The molecule has 116 valence electrons. The SMILES string of the molecule is Cn1c(CNC(=O)C2(c3ccccc3)CCCC2)n[nH]c1=S. The lowest BCUT2D eigenvalue weighted by molar-refractivity contribution is -0.126. The van der Waals surface area contributed by atoms with Gasteiger partial charge in [-0.25, -0.2) is 0 Å². The van der Waals surface area contributed by atoms with Crippen molar-refractivity contribution in [3.63, 3.8) is 0 Å². The van der Waals surface area contributed by atoms with Gasteiger partial charge < -0.3 is 9.88 Å². The number of aromatic nitrogens is 3. The second kappa shape index (κ2) is 6.04. The summed E-state index contributed by atoms with van der Waals surface area (Å²) >= 11 is 5.09. The van der Waals surface area contributed by atoms with Crippen LogP contribution >= 0.6 is 12.2 Å². The lowest BCUT2D eigenvalue weighted by Crippen LogP contribution is -2.42. The number of aromatic amines is 1. The molecule has 5 nitrogen and oxygen atoms in total. The van der Waals surface area contributed by atoms with Crippen molar-refractivity contribution >= 4 is 18.1 Å². The van der Waals surface area contributed by atoms with Gasteiger partial charge in [-0.15, -0.1) is 0 Å². The fraction of sp³-hybridized carbons (Fsp3) is 0.438. The zero-order valence-corrected chi connectivity index (χ0v) is 13.4. The van der Waals surface area contributed by atoms with Crippen LogP contribution in [0.1, 0.15) is 37.1 Å². The average Bonchev–Trinajstić information content (AvgIpc) is 3.16. The first kappa shape index (κ1) is 15.0. The van der Waals surface area contributed by atoms with Crippen molar-refractivity contribution in [2.45, 2.75) is 37.6 Å². The van der Waals surface area contributed by atoms with Crippen LogP contribution in [0.5, 0.6) is 0 Å². The first-order chi connectivity index (χ1) is 10.6. The number of nitrogens with zero attached hydrogens (tertiary/aromatic N) is 2. The molecule has 2 aromatic rings. The molecule has 6 heteroatoms. The third kappa shape index (κ3) is 2.59. The van der Waals surface area contributed by atoms with Crippen LogP contribution in [0.3, 0.4) is 0 Å². The van der Waals surface area contributed by atoms with Crippen LogP contribution in [-0.4, -0.2) is 20.7 Å². The molecule has 1 aromatic heterocycles. The monoisotopic (exact) mass is 316 g/mol. The predicted molar refractivity (Wildman–Crippen MR) is 86.8 cm³/mol. The van der Waals surface area contributed by atoms with Crippen molar-refractivity contribution in [3.05, 3.63) is 46.5 Å². The normalized spacial score (nSPS) is 16.6. The number of amides is 1. The molecule has 0 radical (unpaired) electrons. The minimum Gasteiger partial charge on any atom is -0.348 e. The third-order valence-corrected chi connectivity index (χ3v) is 4.96. The first-order valence-electron chi connectivity index (χ1n) is 7.57. The molecule has 0 aliphatic heterocycles. The van der Waals surface area contributed by atoms with Crippen molar-refractivity contribution in [1.29, 1.82) is 0 Å². The van der Waals surface area contributed by atoms with Crippen molar-refractivity contribution in [3.8, 4) is 0 Å². The van der Waals surface area contributed by atoms with E-state index >= 15 is 0 Å². The number of H-pyrrole nitrogens is 1. The van der Waals surface area contributed by atoms with E-state index in [0.717, 1.165) is 37.1 Å². The Kier molecular flexibility index (Phi) is 4.11. The van der Waals surface area contributed by atoms with E-state index in [-0.39, 0.29) is 5.91 Å². The Morgan fingerprint density at radius 3 is 2.64 bits per heavy atom. The Morgan fingerprint density at radius 1 is 1.36 bits per heavy atom. The van der Waals surface area contributed by atoms with Gasteiger partial charge in [0.2, 0.25) is 5.91 Å². The summed E-state index contributed by atoms with van der Waals surface area (Å²) in [6.07, 6.45) is 3.99. The van der Waals surface area contributed by atoms with E-state index in [0.29, 0.717) is 11.3 Å². The molecule has 2 N–H and O–H groups in total. The number of benzene rings is 1. The van der Waals surface area contributed by atoms with Crippen molar-refractivity contribution in [2.24, 2.45) is 7.05 Å². The molecule has 22 heavy (non-hydrogen) atoms. The Morgan fingerprint density at radius 2 is 2.05 bits per heavy atom. The molecule has 0 atom stereocenters. The smallest absolute Gasteiger partial charge is 0.231 e. The number of nitrogens with one attached hydrogen (secondary N) is 2. The van der Waals surface area contributed by atoms with Crippen LogP contribution in [0, 0.1) is 4.77 Å². The highest BCUT2D eigenvalue weighted by atomic mass is 32.1. The van der Waals surface area contributed by atoms with Crippen LogP contribution < -0.4 is 5.32 Å². The molecule has 1 aliphatic carbocycles. The third-order valence-electron chi connectivity index (χ3n) is 4.60. The number of rotatable bonds is 4. The Hall–Kier alpha value is -1.95. The second-order valence-corrected chi connectivity index (χ2v) is 6.23. The molecule has 1 amide bonds. The van der Waals surface area contributed by atoms with E-state index in [1.54, 1.807) is 4.57 Å². The topological polar surface area (TPSA) is 62.7 Å². The maximum absolute atomic E-state index is 12.9. The standard InChI is InChI=1S/C16H20N4OS/c1-20-13(18-19-15(20)22)11-17-14(21)16(9-5-6-10-16)12-7-3-2-4-8-12/h2-4,7-8H,5-6,9-11H2,1H3,(H,17,21)(H,19,22). The molecule has 1 saturated carbocycles. The molecule has 0 saturated heterocycles. The second-order valence-electron chi connectivity index (χ2n) is 5.84. The Bertz CT molecular complexity index is 713. The van der Waals surface area contributed by atoms with Crippen LogP contribution in [0.4, 0.5) is 0 Å². The molecule has 0 bridgehead atoms. The molecule has 1 aromatic carbocycles. The molecule has 1 heterocycles. The highest BCUT2D eigenvalue weighted by Gasteiger charge is 2.42. The largest absolute Gasteiger partial charge is 0.348 e. The lowest BCUT2D eigenvalue weighted by Gasteiger charge is -2.28. The van der Waals surface area contributed by atoms with Crippen LogP contribution in [0.15, 0.2) is 30.3 Å². The number of hydrogen-bond acceptors (Lipinski definition) is 3. The van der Waals surface area contributed by atoms with Crippen LogP contribution in [0.25, 0.3) is 0 Å². The maximum atomic E-state index is 12.9. The van der Waals surface area contributed by atoms with Gasteiger partial charge >= 0.3 is 0 Å². The summed E-state index contributed by atoms with van der Waals surface area (Å²) in [7, 11) is 1.84. The average molecular weight is 316 g/mol. The predicted octanol–water partition coefficient (Wildman–Crippen LogP) is 2.61. The van der Waals surface area contributed by atoms with Crippen molar-refractivity contribution in [1.82, 2.24) is 20.1 Å². The number of carbonyl (C=O) groups excluding carboxylic acids is 1. The number of carbonyl (C=O) groups is 1. The Labute approximate surface area is 134 Å². The molecule has 3 rings (SSSR count). The van der Waals surface area contributed by atoms with Gasteiger partial charge in [-0.1, -0.05) is 43.2 Å². The zero-order valence-electron chi connectivity index (χ0n) is 12.6. The fourth-order valence-corrected chi connectivity index (χ4v) is 3.40. The summed E-state index contributed by atoms with van der Waals surface area (Å²) < 4.78 is 2.34. The van der Waals surface area contributed by atoms with Gasteiger partial charge in [0.15, 0.2) is 10.6 Å². The highest BCUT2D eigenvalue weighted by Crippen LogP contribution is 2.41. The van der Waals surface area contributed by atoms with E-state index < -0.39 is 5.41 Å². The molecule has 0 spiro atoms. The summed E-state index contributed by atoms with van der Waals surface area (Å²) in [5.41, 5.74) is 0.716. The summed E-state index contributed by atoms with van der Waals surface area (Å²) in [4.78, 5) is 12.9.